The minimum absolute atomic E-state index is 0.0326. The van der Waals surface area contributed by atoms with Gasteiger partial charge in [-0.15, -0.1) is 0 Å². The number of carbonyl (C=O) groups excluding carboxylic acids is 2. The molecule has 0 aliphatic carbocycles. The Morgan fingerprint density at radius 3 is 2.25 bits per heavy atom. The Bertz CT molecular complexity index is 704. The fourth-order valence-electron chi connectivity index (χ4n) is 2.37. The van der Waals surface area contributed by atoms with E-state index in [0.717, 1.165) is 5.69 Å². The molecule has 0 fully saturated rings. The molecule has 0 aliphatic rings. The molecular weight excluding hydrogens is 307 g/mol. The van der Waals surface area contributed by atoms with Gasteiger partial charge in [0.15, 0.2) is 0 Å². The van der Waals surface area contributed by atoms with Crippen molar-refractivity contribution >= 4 is 17.5 Å². The lowest BCUT2D eigenvalue weighted by atomic mass is 10.1. The van der Waals surface area contributed by atoms with Crippen molar-refractivity contribution in [1.29, 1.82) is 0 Å². The van der Waals surface area contributed by atoms with Gasteiger partial charge in [0.05, 0.1) is 0 Å². The molecular formula is C19H21FN2O2. The van der Waals surface area contributed by atoms with E-state index in [2.05, 4.69) is 0 Å². The maximum Gasteiger partial charge on any atom is 0.246 e. The molecule has 4 nitrogen and oxygen atoms in total. The van der Waals surface area contributed by atoms with Crippen LogP contribution in [0.4, 0.5) is 10.1 Å². The van der Waals surface area contributed by atoms with E-state index in [9.17, 15) is 14.0 Å². The summed E-state index contributed by atoms with van der Waals surface area (Å²) in [5.41, 5.74) is 1.30. The van der Waals surface area contributed by atoms with Gasteiger partial charge in [0.25, 0.3) is 0 Å². The van der Waals surface area contributed by atoms with Crippen molar-refractivity contribution < 1.29 is 14.0 Å². The summed E-state index contributed by atoms with van der Waals surface area (Å²) in [7, 11) is 1.67. The smallest absolute Gasteiger partial charge is 0.246 e. The molecule has 0 spiro atoms. The normalized spacial score (nSPS) is 10.3. The van der Waals surface area contributed by atoms with E-state index in [1.165, 1.54) is 22.8 Å². The highest BCUT2D eigenvalue weighted by Gasteiger charge is 2.18. The first-order valence-corrected chi connectivity index (χ1v) is 7.79. The van der Waals surface area contributed by atoms with Crippen LogP contribution in [0.25, 0.3) is 0 Å². The fourth-order valence-corrected chi connectivity index (χ4v) is 2.37. The van der Waals surface area contributed by atoms with Crippen LogP contribution in [0.15, 0.2) is 54.6 Å². The number of amides is 2. The van der Waals surface area contributed by atoms with Crippen molar-refractivity contribution in [2.24, 2.45) is 0 Å². The Morgan fingerprint density at radius 1 is 1.00 bits per heavy atom. The van der Waals surface area contributed by atoms with Crippen molar-refractivity contribution in [3.8, 4) is 0 Å². The Kier molecular flexibility index (Phi) is 6.07. The molecule has 24 heavy (non-hydrogen) atoms. The topological polar surface area (TPSA) is 40.6 Å². The van der Waals surface area contributed by atoms with Crippen LogP contribution >= 0.6 is 0 Å². The van der Waals surface area contributed by atoms with Crippen LogP contribution < -0.4 is 4.90 Å². The van der Waals surface area contributed by atoms with Crippen molar-refractivity contribution in [3.05, 3.63) is 66.0 Å². The number of anilines is 1. The number of carbonyl (C=O) groups is 2. The highest BCUT2D eigenvalue weighted by Crippen LogP contribution is 2.12. The molecule has 2 aromatic rings. The van der Waals surface area contributed by atoms with Gasteiger partial charge in [-0.05, 0) is 30.2 Å². The lowest BCUT2D eigenvalue weighted by Gasteiger charge is -2.24. The van der Waals surface area contributed by atoms with Crippen LogP contribution in [0.3, 0.4) is 0 Å². The number of halogens is 1. The maximum absolute atomic E-state index is 13.7. The fraction of sp³-hybridized carbons (Fsp3) is 0.263. The zero-order valence-electron chi connectivity index (χ0n) is 13.9. The number of likely N-dealkylation sites (N-methyl/N-ethyl adjacent to an activating group) is 1. The number of nitrogens with zero attached hydrogens (tertiary/aromatic N) is 2. The van der Waals surface area contributed by atoms with Gasteiger partial charge in [-0.2, -0.15) is 0 Å². The molecule has 2 aromatic carbocycles. The first kappa shape index (κ1) is 17.7. The van der Waals surface area contributed by atoms with Gasteiger partial charge in [0, 0.05) is 26.2 Å². The van der Waals surface area contributed by atoms with E-state index < -0.39 is 0 Å². The highest BCUT2D eigenvalue weighted by molar-refractivity contribution is 5.96. The molecule has 0 bridgehead atoms. The van der Waals surface area contributed by atoms with Gasteiger partial charge >= 0.3 is 0 Å². The van der Waals surface area contributed by atoms with Crippen LogP contribution in [0.2, 0.25) is 0 Å². The molecule has 0 aromatic heterocycles. The van der Waals surface area contributed by atoms with E-state index in [1.807, 2.05) is 30.3 Å². The average molecular weight is 328 g/mol. The Balaban J connectivity index is 1.99. The molecule has 126 valence electrons. The largest absolute Gasteiger partial charge is 0.333 e. The van der Waals surface area contributed by atoms with Crippen molar-refractivity contribution in [2.75, 3.05) is 25.0 Å². The van der Waals surface area contributed by atoms with E-state index in [-0.39, 0.29) is 24.2 Å². The summed E-state index contributed by atoms with van der Waals surface area (Å²) in [6, 6.07) is 15.7. The molecule has 0 aliphatic heterocycles. The van der Waals surface area contributed by atoms with Gasteiger partial charge in [-0.3, -0.25) is 9.59 Å². The van der Waals surface area contributed by atoms with Gasteiger partial charge in [0.2, 0.25) is 11.8 Å². The molecule has 0 atom stereocenters. The lowest BCUT2D eigenvalue weighted by molar-refractivity contribution is -0.133. The third-order valence-electron chi connectivity index (χ3n) is 3.90. The first-order valence-electron chi connectivity index (χ1n) is 7.79. The molecule has 5 heteroatoms. The van der Waals surface area contributed by atoms with E-state index in [0.29, 0.717) is 18.5 Å². The molecule has 2 rings (SSSR count). The molecule has 0 radical (unpaired) electrons. The average Bonchev–Trinajstić information content (AvgIpc) is 2.59. The number of para-hydroxylation sites is 1. The summed E-state index contributed by atoms with van der Waals surface area (Å²) >= 11 is 0. The summed E-state index contributed by atoms with van der Waals surface area (Å²) in [6.07, 6.45) is 0.370. The number of hydrogen-bond acceptors (Lipinski definition) is 2. The zero-order chi connectivity index (χ0) is 17.5. The second-order valence-electron chi connectivity index (χ2n) is 5.57. The summed E-state index contributed by atoms with van der Waals surface area (Å²) < 4.78 is 13.7. The van der Waals surface area contributed by atoms with E-state index >= 15 is 0 Å². The van der Waals surface area contributed by atoms with Crippen molar-refractivity contribution in [3.63, 3.8) is 0 Å². The third-order valence-corrected chi connectivity index (χ3v) is 3.90. The SMILES string of the molecule is CC(=O)N(CCc1ccccc1F)CC(=O)N(C)c1ccccc1. The second kappa shape index (κ2) is 8.24. The Labute approximate surface area is 141 Å². The van der Waals surface area contributed by atoms with Gasteiger partial charge in [-0.25, -0.2) is 4.39 Å². The quantitative estimate of drug-likeness (QED) is 0.818. The van der Waals surface area contributed by atoms with Gasteiger partial charge in [-0.1, -0.05) is 36.4 Å². The van der Waals surface area contributed by atoms with E-state index in [4.69, 9.17) is 0 Å². The van der Waals surface area contributed by atoms with Crippen LogP contribution in [-0.4, -0.2) is 36.9 Å². The van der Waals surface area contributed by atoms with Gasteiger partial charge in [0.1, 0.15) is 12.4 Å². The minimum Gasteiger partial charge on any atom is -0.333 e. The summed E-state index contributed by atoms with van der Waals surface area (Å²) in [5.74, 6) is -0.695. The molecule has 0 N–H and O–H groups in total. The first-order chi connectivity index (χ1) is 11.5. The zero-order valence-corrected chi connectivity index (χ0v) is 13.9. The predicted molar refractivity (Wildman–Crippen MR) is 92.2 cm³/mol. The number of benzene rings is 2. The minimum atomic E-state index is -0.297. The van der Waals surface area contributed by atoms with Crippen LogP contribution in [0, 0.1) is 5.82 Å². The molecule has 0 saturated carbocycles. The molecule has 0 saturated heterocycles. The predicted octanol–water partition coefficient (Wildman–Crippen LogP) is 2.88. The van der Waals surface area contributed by atoms with Crippen molar-refractivity contribution in [1.82, 2.24) is 4.90 Å². The summed E-state index contributed by atoms with van der Waals surface area (Å²) in [6.45, 7) is 1.68. The van der Waals surface area contributed by atoms with Crippen LogP contribution in [-0.2, 0) is 16.0 Å². The molecule has 0 heterocycles. The molecule has 2 amide bonds. The second-order valence-corrected chi connectivity index (χ2v) is 5.57. The van der Waals surface area contributed by atoms with Crippen LogP contribution in [0.1, 0.15) is 12.5 Å². The highest BCUT2D eigenvalue weighted by atomic mass is 19.1. The summed E-state index contributed by atoms with van der Waals surface area (Å²) in [5, 5.41) is 0. The van der Waals surface area contributed by atoms with Crippen LogP contribution in [0.5, 0.6) is 0 Å². The Hall–Kier alpha value is -2.69. The standard InChI is InChI=1S/C19H21FN2O2/c1-15(23)22(13-12-16-8-6-7-11-18(16)20)14-19(24)21(2)17-9-4-3-5-10-17/h3-11H,12-14H2,1-2H3. The monoisotopic (exact) mass is 328 g/mol. The number of rotatable bonds is 6. The number of hydrogen-bond donors (Lipinski definition) is 0. The maximum atomic E-state index is 13.7. The summed E-state index contributed by atoms with van der Waals surface area (Å²) in [4.78, 5) is 27.2. The van der Waals surface area contributed by atoms with Gasteiger partial charge < -0.3 is 9.80 Å². The lowest BCUT2D eigenvalue weighted by Crippen LogP contribution is -2.41. The van der Waals surface area contributed by atoms with E-state index in [1.54, 1.807) is 25.2 Å². The third kappa shape index (κ3) is 4.65. The van der Waals surface area contributed by atoms with Crippen molar-refractivity contribution in [2.45, 2.75) is 13.3 Å². The molecule has 0 unspecified atom stereocenters. The Morgan fingerprint density at radius 2 is 1.62 bits per heavy atom.